The highest BCUT2D eigenvalue weighted by atomic mass is 35.5. The molecule has 1 aromatic carbocycles. The van der Waals surface area contributed by atoms with E-state index in [9.17, 15) is 5.11 Å². The van der Waals surface area contributed by atoms with Crippen molar-refractivity contribution >= 4 is 33.0 Å². The highest BCUT2D eigenvalue weighted by molar-refractivity contribution is 7.19. The normalized spacial score (nSPS) is 13.1. The molecule has 2 aromatic rings. The number of hydrogen-bond donors (Lipinski definition) is 2. The maximum Gasteiger partial charge on any atom is 0.0638 e. The molecule has 0 saturated carbocycles. The molecule has 18 heavy (non-hydrogen) atoms. The van der Waals surface area contributed by atoms with E-state index in [0.29, 0.717) is 13.2 Å². The third-order valence-corrected chi connectivity index (χ3v) is 4.46. The van der Waals surface area contributed by atoms with Crippen LogP contribution in [0.3, 0.4) is 0 Å². The van der Waals surface area contributed by atoms with Gasteiger partial charge in [-0.15, -0.1) is 11.3 Å². The maximum atomic E-state index is 9.17. The number of aliphatic hydroxyl groups is 1. The van der Waals surface area contributed by atoms with Gasteiger partial charge in [-0.3, -0.25) is 0 Å². The first-order valence-electron chi connectivity index (χ1n) is 5.75. The summed E-state index contributed by atoms with van der Waals surface area (Å²) in [6.45, 7) is 1.18. The van der Waals surface area contributed by atoms with Crippen LogP contribution in [0, 0.1) is 0 Å². The van der Waals surface area contributed by atoms with Gasteiger partial charge in [-0.05, 0) is 6.07 Å². The van der Waals surface area contributed by atoms with E-state index in [1.165, 1.54) is 4.70 Å². The molecule has 2 rings (SSSR count). The number of thiophene rings is 1. The summed E-state index contributed by atoms with van der Waals surface area (Å²) in [7, 11) is 1.62. The van der Waals surface area contributed by atoms with Crippen molar-refractivity contribution in [2.45, 2.75) is 12.6 Å². The number of halogens is 1. The van der Waals surface area contributed by atoms with Gasteiger partial charge in [-0.2, -0.15) is 0 Å². The van der Waals surface area contributed by atoms with Crippen molar-refractivity contribution in [3.8, 4) is 0 Å². The monoisotopic (exact) mass is 285 g/mol. The number of hydrogen-bond acceptors (Lipinski definition) is 4. The van der Waals surface area contributed by atoms with Gasteiger partial charge in [0, 0.05) is 28.6 Å². The zero-order valence-electron chi connectivity index (χ0n) is 10.1. The molecule has 0 fully saturated rings. The van der Waals surface area contributed by atoms with E-state index in [0.717, 1.165) is 15.3 Å². The summed E-state index contributed by atoms with van der Waals surface area (Å²) in [5.74, 6) is 0. The Morgan fingerprint density at radius 1 is 1.44 bits per heavy atom. The van der Waals surface area contributed by atoms with Crippen molar-refractivity contribution in [2.24, 2.45) is 0 Å². The summed E-state index contributed by atoms with van der Waals surface area (Å²) in [4.78, 5) is 1.09. The van der Waals surface area contributed by atoms with Gasteiger partial charge in [0.25, 0.3) is 0 Å². The number of benzene rings is 1. The molecule has 0 saturated heterocycles. The molecule has 0 aliphatic carbocycles. The molecule has 1 heterocycles. The summed E-state index contributed by atoms with van der Waals surface area (Å²) in [5, 5.41) is 14.3. The first-order chi connectivity index (χ1) is 8.76. The van der Waals surface area contributed by atoms with Gasteiger partial charge in [0.1, 0.15) is 0 Å². The van der Waals surface area contributed by atoms with Crippen molar-refractivity contribution in [1.82, 2.24) is 5.32 Å². The summed E-state index contributed by atoms with van der Waals surface area (Å²) < 4.78 is 6.21. The lowest BCUT2D eigenvalue weighted by Crippen LogP contribution is -2.35. The van der Waals surface area contributed by atoms with E-state index >= 15 is 0 Å². The quantitative estimate of drug-likeness (QED) is 0.857. The Morgan fingerprint density at radius 2 is 2.22 bits per heavy atom. The molecule has 1 aromatic heterocycles. The van der Waals surface area contributed by atoms with Crippen molar-refractivity contribution in [3.05, 3.63) is 34.2 Å². The first kappa shape index (κ1) is 13.8. The van der Waals surface area contributed by atoms with Crippen molar-refractivity contribution in [1.29, 1.82) is 0 Å². The second kappa shape index (κ2) is 6.50. The fourth-order valence-electron chi connectivity index (χ4n) is 1.79. The van der Waals surface area contributed by atoms with Gasteiger partial charge in [-0.1, -0.05) is 29.8 Å². The van der Waals surface area contributed by atoms with E-state index in [-0.39, 0.29) is 12.6 Å². The molecule has 3 nitrogen and oxygen atoms in total. The number of nitrogens with one attached hydrogen (secondary N) is 1. The summed E-state index contributed by atoms with van der Waals surface area (Å²) in [6, 6.07) is 8.02. The minimum absolute atomic E-state index is 0.0519. The molecule has 0 aliphatic heterocycles. The van der Waals surface area contributed by atoms with Crippen molar-refractivity contribution < 1.29 is 9.84 Å². The lowest BCUT2D eigenvalue weighted by Gasteiger charge is -2.14. The highest BCUT2D eigenvalue weighted by Crippen LogP contribution is 2.34. The van der Waals surface area contributed by atoms with Gasteiger partial charge >= 0.3 is 0 Å². The predicted octanol–water partition coefficient (Wildman–Crippen LogP) is 2.65. The molecular formula is C13H16ClNO2S. The van der Waals surface area contributed by atoms with Gasteiger partial charge in [0.15, 0.2) is 0 Å². The average Bonchev–Trinajstić information content (AvgIpc) is 2.72. The van der Waals surface area contributed by atoms with Crippen LogP contribution in [0.5, 0.6) is 0 Å². The molecule has 0 spiro atoms. The van der Waals surface area contributed by atoms with Crippen LogP contribution in [0.15, 0.2) is 24.3 Å². The third kappa shape index (κ3) is 3.02. The Kier molecular flexibility index (Phi) is 4.97. The maximum absolute atomic E-state index is 9.17. The van der Waals surface area contributed by atoms with E-state index in [2.05, 4.69) is 11.4 Å². The minimum atomic E-state index is -0.0590. The van der Waals surface area contributed by atoms with Gasteiger partial charge < -0.3 is 15.2 Å². The Hall–Kier alpha value is -0.650. The Balaban J connectivity index is 2.09. The largest absolute Gasteiger partial charge is 0.395 e. The molecule has 5 heteroatoms. The Bertz CT molecular complexity index is 515. The van der Waals surface area contributed by atoms with Crippen molar-refractivity contribution in [3.63, 3.8) is 0 Å². The Morgan fingerprint density at radius 3 is 2.89 bits per heavy atom. The molecule has 0 amide bonds. The lowest BCUT2D eigenvalue weighted by atomic mass is 10.2. The SMILES string of the molecule is COCC(CO)NCc1sc2ccccc2c1Cl. The van der Waals surface area contributed by atoms with Gasteiger partial charge in [0.2, 0.25) is 0 Å². The number of aliphatic hydroxyl groups excluding tert-OH is 1. The molecule has 1 unspecified atom stereocenters. The van der Waals surface area contributed by atoms with Crippen LogP contribution in [-0.4, -0.2) is 31.5 Å². The fraction of sp³-hybridized carbons (Fsp3) is 0.385. The number of fused-ring (bicyclic) bond motifs is 1. The number of ether oxygens (including phenoxy) is 1. The van der Waals surface area contributed by atoms with Crippen LogP contribution in [0.25, 0.3) is 10.1 Å². The first-order valence-corrected chi connectivity index (χ1v) is 6.94. The highest BCUT2D eigenvalue weighted by Gasteiger charge is 2.12. The predicted molar refractivity (Wildman–Crippen MR) is 76.4 cm³/mol. The zero-order chi connectivity index (χ0) is 13.0. The average molecular weight is 286 g/mol. The summed E-state index contributed by atoms with van der Waals surface area (Å²) in [5.41, 5.74) is 0. The van der Waals surface area contributed by atoms with E-state index in [1.54, 1.807) is 18.4 Å². The van der Waals surface area contributed by atoms with Crippen LogP contribution in [-0.2, 0) is 11.3 Å². The molecule has 0 radical (unpaired) electrons. The van der Waals surface area contributed by atoms with Crippen LogP contribution < -0.4 is 5.32 Å². The topological polar surface area (TPSA) is 41.5 Å². The van der Waals surface area contributed by atoms with Crippen molar-refractivity contribution in [2.75, 3.05) is 20.3 Å². The van der Waals surface area contributed by atoms with Gasteiger partial charge in [-0.25, -0.2) is 0 Å². The van der Waals surface area contributed by atoms with Crippen LogP contribution >= 0.6 is 22.9 Å². The van der Waals surface area contributed by atoms with E-state index < -0.39 is 0 Å². The standard InChI is InChI=1S/C13H16ClNO2S/c1-17-8-9(7-16)15-6-12-13(14)10-4-2-3-5-11(10)18-12/h2-5,9,15-16H,6-8H2,1H3. The van der Waals surface area contributed by atoms with E-state index in [1.807, 2.05) is 18.2 Å². The van der Waals surface area contributed by atoms with E-state index in [4.69, 9.17) is 16.3 Å². The molecule has 1 atom stereocenters. The number of methoxy groups -OCH3 is 1. The summed E-state index contributed by atoms with van der Waals surface area (Å²) in [6.07, 6.45) is 0. The minimum Gasteiger partial charge on any atom is -0.395 e. The van der Waals surface area contributed by atoms with Crippen LogP contribution in [0.2, 0.25) is 5.02 Å². The fourth-order valence-corrected chi connectivity index (χ4v) is 3.24. The molecule has 0 bridgehead atoms. The lowest BCUT2D eigenvalue weighted by molar-refractivity contribution is 0.128. The summed E-state index contributed by atoms with van der Waals surface area (Å²) >= 11 is 8.02. The molecule has 98 valence electrons. The van der Waals surface area contributed by atoms with Gasteiger partial charge in [0.05, 0.1) is 24.3 Å². The smallest absolute Gasteiger partial charge is 0.0638 e. The second-order valence-corrected chi connectivity index (χ2v) is 5.57. The van der Waals surface area contributed by atoms with Crippen LogP contribution in [0.1, 0.15) is 4.88 Å². The molecule has 2 N–H and O–H groups in total. The Labute approximate surface area is 115 Å². The second-order valence-electron chi connectivity index (χ2n) is 4.05. The van der Waals surface area contributed by atoms with Crippen LogP contribution in [0.4, 0.5) is 0 Å². The third-order valence-electron chi connectivity index (χ3n) is 2.74. The zero-order valence-corrected chi connectivity index (χ0v) is 11.7. The molecular weight excluding hydrogens is 270 g/mol. The molecule has 0 aliphatic rings. The number of rotatable bonds is 6.